The Morgan fingerprint density at radius 2 is 1.83 bits per heavy atom. The molecule has 0 saturated carbocycles. The van der Waals surface area contributed by atoms with Crippen molar-refractivity contribution in [1.29, 1.82) is 0 Å². The third-order valence-corrected chi connectivity index (χ3v) is 3.36. The first-order chi connectivity index (χ1) is 8.50. The van der Waals surface area contributed by atoms with Crippen molar-refractivity contribution in [1.82, 2.24) is 9.80 Å². The maximum atomic E-state index is 11.9. The summed E-state index contributed by atoms with van der Waals surface area (Å²) in [5.74, 6) is -0.0915. The van der Waals surface area contributed by atoms with Gasteiger partial charge in [-0.3, -0.25) is 20.2 Å². The van der Waals surface area contributed by atoms with E-state index in [-0.39, 0.29) is 22.8 Å². The summed E-state index contributed by atoms with van der Waals surface area (Å²) in [6.45, 7) is 1.83. The fourth-order valence-corrected chi connectivity index (χ4v) is 2.49. The van der Waals surface area contributed by atoms with E-state index in [0.717, 1.165) is 19.5 Å². The minimum Gasteiger partial charge on any atom is -0.872 e. The summed E-state index contributed by atoms with van der Waals surface area (Å²) in [4.78, 5) is 4.17. The van der Waals surface area contributed by atoms with Crippen LogP contribution in [0.3, 0.4) is 0 Å². The number of rotatable bonds is 2. The number of anilines is 1. The first kappa shape index (κ1) is 13.1. The lowest BCUT2D eigenvalue weighted by Gasteiger charge is -2.42. The second-order valence-electron chi connectivity index (χ2n) is 4.70. The highest BCUT2D eigenvalue weighted by atomic mass is 16.8. The summed E-state index contributed by atoms with van der Waals surface area (Å²) >= 11 is 0. The number of hydrogen-bond donors (Lipinski definition) is 2. The SMILES string of the molecule is CN1CCCN(C)C1c1cc(N(O)O)ccc1[O-]. The van der Waals surface area contributed by atoms with E-state index >= 15 is 0 Å². The van der Waals surface area contributed by atoms with Gasteiger partial charge in [0, 0.05) is 13.1 Å². The van der Waals surface area contributed by atoms with Gasteiger partial charge in [-0.15, -0.1) is 11.0 Å². The Morgan fingerprint density at radius 1 is 1.22 bits per heavy atom. The number of hydrogen-bond acceptors (Lipinski definition) is 6. The topological polar surface area (TPSA) is 73.2 Å². The molecule has 1 aliphatic rings. The van der Waals surface area contributed by atoms with Gasteiger partial charge in [-0.25, -0.2) is 0 Å². The maximum Gasteiger partial charge on any atom is 0.0946 e. The van der Waals surface area contributed by atoms with Crippen molar-refractivity contribution in [2.75, 3.05) is 32.4 Å². The molecule has 1 fully saturated rings. The van der Waals surface area contributed by atoms with Crippen LogP contribution in [0.25, 0.3) is 0 Å². The molecule has 0 unspecified atom stereocenters. The van der Waals surface area contributed by atoms with Gasteiger partial charge >= 0.3 is 0 Å². The van der Waals surface area contributed by atoms with Gasteiger partial charge in [0.05, 0.1) is 11.9 Å². The van der Waals surface area contributed by atoms with Gasteiger partial charge < -0.3 is 5.11 Å². The molecule has 0 radical (unpaired) electrons. The van der Waals surface area contributed by atoms with Crippen LogP contribution in [0.5, 0.6) is 5.75 Å². The third kappa shape index (κ3) is 2.41. The Hall–Kier alpha value is -1.34. The molecule has 6 nitrogen and oxygen atoms in total. The molecular weight excluding hydrogens is 234 g/mol. The van der Waals surface area contributed by atoms with Crippen LogP contribution in [0.15, 0.2) is 18.2 Å². The molecule has 2 rings (SSSR count). The van der Waals surface area contributed by atoms with Crippen molar-refractivity contribution in [2.45, 2.75) is 12.6 Å². The molecule has 1 saturated heterocycles. The molecule has 0 aromatic heterocycles. The van der Waals surface area contributed by atoms with Crippen LogP contribution >= 0.6 is 0 Å². The summed E-state index contributed by atoms with van der Waals surface area (Å²) in [7, 11) is 3.92. The van der Waals surface area contributed by atoms with Crippen LogP contribution in [0.4, 0.5) is 5.69 Å². The Balaban J connectivity index is 2.38. The van der Waals surface area contributed by atoms with Gasteiger partial charge in [0.1, 0.15) is 0 Å². The van der Waals surface area contributed by atoms with Gasteiger partial charge in [-0.1, -0.05) is 6.07 Å². The quantitative estimate of drug-likeness (QED) is 0.751. The molecule has 0 bridgehead atoms. The molecule has 0 amide bonds. The molecule has 18 heavy (non-hydrogen) atoms. The highest BCUT2D eigenvalue weighted by Crippen LogP contribution is 2.33. The van der Waals surface area contributed by atoms with E-state index in [1.54, 1.807) is 0 Å². The molecular formula is C12H18N3O3-. The van der Waals surface area contributed by atoms with E-state index in [2.05, 4.69) is 9.80 Å². The van der Waals surface area contributed by atoms with Crippen LogP contribution in [0.1, 0.15) is 18.2 Å². The lowest BCUT2D eigenvalue weighted by atomic mass is 10.1. The molecule has 6 heteroatoms. The molecule has 2 N–H and O–H groups in total. The monoisotopic (exact) mass is 252 g/mol. The standard InChI is InChI=1S/C12H19N3O3/c1-13-6-3-7-14(2)12(13)10-8-9(15(17)18)4-5-11(10)16/h4-5,8,12,16-18H,3,6-7H2,1-2H3/p-1. The van der Waals surface area contributed by atoms with E-state index < -0.39 is 0 Å². The lowest BCUT2D eigenvalue weighted by Crippen LogP contribution is -2.44. The molecule has 1 aromatic rings. The van der Waals surface area contributed by atoms with Crippen LogP contribution in [-0.2, 0) is 0 Å². The minimum absolute atomic E-state index is 0.0335. The molecule has 1 aromatic carbocycles. The zero-order chi connectivity index (χ0) is 13.3. The van der Waals surface area contributed by atoms with E-state index in [9.17, 15) is 5.11 Å². The second-order valence-corrected chi connectivity index (χ2v) is 4.70. The van der Waals surface area contributed by atoms with E-state index in [4.69, 9.17) is 10.4 Å². The van der Waals surface area contributed by atoms with E-state index in [0.29, 0.717) is 5.56 Å². The fourth-order valence-electron chi connectivity index (χ4n) is 2.49. The largest absolute Gasteiger partial charge is 0.872 e. The molecule has 0 aliphatic carbocycles. The summed E-state index contributed by atoms with van der Waals surface area (Å²) < 4.78 is 0. The normalized spacial score (nSPS) is 19.1. The lowest BCUT2D eigenvalue weighted by molar-refractivity contribution is -0.270. The Labute approximate surface area is 106 Å². The number of benzene rings is 1. The minimum atomic E-state index is -0.119. The van der Waals surface area contributed by atoms with Crippen LogP contribution in [0, 0.1) is 0 Å². The average Bonchev–Trinajstić information content (AvgIpc) is 2.30. The van der Waals surface area contributed by atoms with Crippen LogP contribution < -0.4 is 10.3 Å². The van der Waals surface area contributed by atoms with Crippen molar-refractivity contribution in [2.24, 2.45) is 0 Å². The highest BCUT2D eigenvalue weighted by molar-refractivity contribution is 5.50. The number of nitrogens with zero attached hydrogens (tertiary/aromatic N) is 3. The van der Waals surface area contributed by atoms with Gasteiger partial charge in [0.25, 0.3) is 0 Å². The zero-order valence-electron chi connectivity index (χ0n) is 10.6. The molecule has 1 heterocycles. The second kappa shape index (κ2) is 5.11. The van der Waals surface area contributed by atoms with Crippen molar-refractivity contribution in [3.05, 3.63) is 23.8 Å². The average molecular weight is 252 g/mol. The van der Waals surface area contributed by atoms with Crippen molar-refractivity contribution in [3.8, 4) is 5.75 Å². The van der Waals surface area contributed by atoms with Crippen LogP contribution in [0.2, 0.25) is 0 Å². The van der Waals surface area contributed by atoms with Gasteiger partial charge in [-0.05, 0) is 38.2 Å². The van der Waals surface area contributed by atoms with Gasteiger partial charge in [-0.2, -0.15) is 0 Å². The smallest absolute Gasteiger partial charge is 0.0946 e. The van der Waals surface area contributed by atoms with Gasteiger partial charge in [0.2, 0.25) is 0 Å². The van der Waals surface area contributed by atoms with Crippen molar-refractivity contribution < 1.29 is 15.5 Å². The molecule has 0 spiro atoms. The summed E-state index contributed by atoms with van der Waals surface area (Å²) in [6.07, 6.45) is 0.940. The highest BCUT2D eigenvalue weighted by Gasteiger charge is 2.26. The summed E-state index contributed by atoms with van der Waals surface area (Å²) in [5, 5.41) is 30.0. The Bertz CT molecular complexity index is 415. The Kier molecular flexibility index (Phi) is 3.72. The predicted molar refractivity (Wildman–Crippen MR) is 64.6 cm³/mol. The molecule has 1 aliphatic heterocycles. The summed E-state index contributed by atoms with van der Waals surface area (Å²) in [6, 6.07) is 4.26. The Morgan fingerprint density at radius 3 is 2.39 bits per heavy atom. The first-order valence-corrected chi connectivity index (χ1v) is 5.90. The fraction of sp³-hybridized carbons (Fsp3) is 0.500. The van der Waals surface area contributed by atoms with E-state index in [1.165, 1.54) is 18.2 Å². The van der Waals surface area contributed by atoms with Gasteiger partial charge in [0.15, 0.2) is 0 Å². The molecule has 0 atom stereocenters. The maximum absolute atomic E-state index is 11.9. The van der Waals surface area contributed by atoms with Crippen LogP contribution in [-0.4, -0.2) is 47.4 Å². The third-order valence-electron chi connectivity index (χ3n) is 3.36. The zero-order valence-corrected chi connectivity index (χ0v) is 10.6. The first-order valence-electron chi connectivity index (χ1n) is 5.90. The van der Waals surface area contributed by atoms with E-state index in [1.807, 2.05) is 14.1 Å². The predicted octanol–water partition coefficient (Wildman–Crippen LogP) is 0.611. The van der Waals surface area contributed by atoms with Crippen molar-refractivity contribution in [3.63, 3.8) is 0 Å². The molecule has 100 valence electrons. The van der Waals surface area contributed by atoms with Crippen molar-refractivity contribution >= 4 is 5.69 Å². The summed E-state index contributed by atoms with van der Waals surface area (Å²) in [5.41, 5.74) is 0.752.